The molecule has 5 nitrogen and oxygen atoms in total. The average molecular weight is 467 g/mol. The first kappa shape index (κ1) is 29.8. The van der Waals surface area contributed by atoms with E-state index in [0.29, 0.717) is 11.3 Å². The number of aryl methyl sites for hydroxylation is 1. The Bertz CT molecular complexity index is 968. The molecule has 1 amide bonds. The maximum Gasteiger partial charge on any atom is 0.416 e. The monoisotopic (exact) mass is 466 g/mol. The van der Waals surface area contributed by atoms with Crippen LogP contribution in [-0.4, -0.2) is 24.7 Å². The largest absolute Gasteiger partial charge is 0.465 e. The molecule has 0 aliphatic carbocycles. The van der Waals surface area contributed by atoms with Gasteiger partial charge >= 0.3 is 12.1 Å². The van der Waals surface area contributed by atoms with Crippen LogP contribution in [0.15, 0.2) is 41.4 Å². The number of aliphatic imine (C=N–C) groups is 1. The molecule has 0 spiro atoms. The fourth-order valence-electron chi connectivity index (χ4n) is 2.83. The normalized spacial score (nSPS) is 12.0. The van der Waals surface area contributed by atoms with E-state index in [4.69, 9.17) is 0 Å². The summed E-state index contributed by atoms with van der Waals surface area (Å²) >= 11 is 0. The Morgan fingerprint density at radius 3 is 2.18 bits per heavy atom. The molecule has 1 aliphatic rings. The van der Waals surface area contributed by atoms with Gasteiger partial charge in [-0.1, -0.05) is 53.7 Å². The van der Waals surface area contributed by atoms with Gasteiger partial charge in [0.05, 0.1) is 41.7 Å². The van der Waals surface area contributed by atoms with Crippen LogP contribution in [0.4, 0.5) is 24.5 Å². The number of benzene rings is 2. The highest BCUT2D eigenvalue weighted by Gasteiger charge is 2.34. The molecule has 0 bridgehead atoms. The van der Waals surface area contributed by atoms with E-state index < -0.39 is 23.6 Å². The van der Waals surface area contributed by atoms with Crippen molar-refractivity contribution in [2.75, 3.05) is 12.4 Å². The summed E-state index contributed by atoms with van der Waals surface area (Å²) in [5, 5.41) is 2.47. The summed E-state index contributed by atoms with van der Waals surface area (Å²) in [4.78, 5) is 28.3. The molecule has 1 N–H and O–H groups in total. The molecule has 2 aromatic carbocycles. The number of ether oxygens (including phenoxy) is 1. The van der Waals surface area contributed by atoms with Crippen LogP contribution in [0, 0.1) is 6.92 Å². The van der Waals surface area contributed by atoms with E-state index in [9.17, 15) is 22.8 Å². The van der Waals surface area contributed by atoms with E-state index in [1.807, 2.05) is 41.5 Å². The average Bonchev–Trinajstić information content (AvgIpc) is 2.99. The minimum Gasteiger partial charge on any atom is -0.465 e. The number of methoxy groups -OCH3 is 1. The molecule has 1 aliphatic heterocycles. The summed E-state index contributed by atoms with van der Waals surface area (Å²) in [6, 6.07) is 8.54. The second-order valence-corrected chi connectivity index (χ2v) is 6.04. The number of amides is 1. The third-order valence-electron chi connectivity index (χ3n) is 4.12. The molecule has 33 heavy (non-hydrogen) atoms. The van der Waals surface area contributed by atoms with Crippen LogP contribution in [0.3, 0.4) is 0 Å². The van der Waals surface area contributed by atoms with Gasteiger partial charge in [-0.3, -0.25) is 9.79 Å². The third-order valence-corrected chi connectivity index (χ3v) is 4.12. The van der Waals surface area contributed by atoms with E-state index in [0.717, 1.165) is 6.07 Å². The molecule has 0 saturated carbocycles. The molecule has 1 heterocycles. The Balaban J connectivity index is 0.00000158. The Kier molecular flexibility index (Phi) is 12.7. The molecule has 0 atom stereocenters. The summed E-state index contributed by atoms with van der Waals surface area (Å²) in [6.45, 7) is 13.3. The summed E-state index contributed by atoms with van der Waals surface area (Å²) in [7, 11) is 1.25. The lowest BCUT2D eigenvalue weighted by molar-refractivity contribution is -0.138. The minimum absolute atomic E-state index is 0.00273. The van der Waals surface area contributed by atoms with Crippen molar-refractivity contribution in [1.29, 1.82) is 0 Å². The lowest BCUT2D eigenvalue weighted by Crippen LogP contribution is -2.16. The van der Waals surface area contributed by atoms with Gasteiger partial charge in [0.25, 0.3) is 0 Å². The van der Waals surface area contributed by atoms with Crippen LogP contribution in [0.1, 0.15) is 75.0 Å². The van der Waals surface area contributed by atoms with Gasteiger partial charge in [-0.05, 0) is 42.3 Å². The highest BCUT2D eigenvalue weighted by molar-refractivity contribution is 6.17. The maximum atomic E-state index is 13.1. The number of nitrogens with one attached hydrogen (secondary N) is 1. The number of hydrogen-bond acceptors (Lipinski definition) is 4. The van der Waals surface area contributed by atoms with E-state index >= 15 is 0 Å². The third kappa shape index (κ3) is 8.04. The first-order chi connectivity index (χ1) is 15.7. The molecular weight excluding hydrogens is 433 g/mol. The number of alkyl halides is 3. The van der Waals surface area contributed by atoms with Crippen molar-refractivity contribution in [3.8, 4) is 0 Å². The summed E-state index contributed by atoms with van der Waals surface area (Å²) < 4.78 is 44.0. The smallest absolute Gasteiger partial charge is 0.416 e. The van der Waals surface area contributed by atoms with Crippen molar-refractivity contribution in [3.63, 3.8) is 0 Å². The fourth-order valence-corrected chi connectivity index (χ4v) is 2.83. The fraction of sp³-hybridized carbons (Fsp3) is 0.400. The number of esters is 1. The van der Waals surface area contributed by atoms with E-state index in [2.05, 4.69) is 15.0 Å². The van der Waals surface area contributed by atoms with Crippen molar-refractivity contribution in [3.05, 3.63) is 58.7 Å². The zero-order valence-corrected chi connectivity index (χ0v) is 20.5. The van der Waals surface area contributed by atoms with Gasteiger partial charge in [-0.25, -0.2) is 4.79 Å². The van der Waals surface area contributed by atoms with Gasteiger partial charge in [0.15, 0.2) is 0 Å². The molecule has 0 saturated heterocycles. The number of carbonyl (C=O) groups is 2. The SMILES string of the molecule is CC.CC.CC.COC(=O)c1cccc(C2=Nc3cc(C)c(C(F)(F)F)cc3NC(=O)C2)c1. The van der Waals surface area contributed by atoms with Crippen molar-refractivity contribution < 1.29 is 27.5 Å². The van der Waals surface area contributed by atoms with Crippen LogP contribution in [0.5, 0.6) is 0 Å². The molecule has 2 aromatic rings. The Morgan fingerprint density at radius 1 is 1.03 bits per heavy atom. The molecule has 8 heteroatoms. The maximum absolute atomic E-state index is 13.1. The zero-order valence-electron chi connectivity index (χ0n) is 20.5. The highest BCUT2D eigenvalue weighted by atomic mass is 19.4. The molecule has 3 rings (SSSR count). The quantitative estimate of drug-likeness (QED) is 0.471. The molecule has 182 valence electrons. The molecule has 0 unspecified atom stereocenters. The van der Waals surface area contributed by atoms with Crippen LogP contribution in [0.2, 0.25) is 0 Å². The number of carbonyl (C=O) groups excluding carboxylic acids is 2. The van der Waals surface area contributed by atoms with Gasteiger partial charge in [-0.2, -0.15) is 13.2 Å². The Labute approximate surface area is 194 Å². The zero-order chi connectivity index (χ0) is 25.8. The Hall–Kier alpha value is -3.16. The first-order valence-electron chi connectivity index (χ1n) is 11.0. The number of fused-ring (bicyclic) bond motifs is 1. The summed E-state index contributed by atoms with van der Waals surface area (Å²) in [6.07, 6.45) is -4.67. The number of nitrogens with zero attached hydrogens (tertiary/aromatic N) is 1. The van der Waals surface area contributed by atoms with Gasteiger partial charge in [0.2, 0.25) is 5.91 Å². The van der Waals surface area contributed by atoms with Gasteiger partial charge in [-0.15, -0.1) is 0 Å². The van der Waals surface area contributed by atoms with Gasteiger partial charge in [0.1, 0.15) is 0 Å². The molecule has 0 fully saturated rings. The number of rotatable bonds is 2. The minimum atomic E-state index is -4.53. The lowest BCUT2D eigenvalue weighted by Gasteiger charge is -2.13. The second-order valence-electron chi connectivity index (χ2n) is 6.04. The molecule has 0 radical (unpaired) electrons. The van der Waals surface area contributed by atoms with Crippen LogP contribution < -0.4 is 5.32 Å². The topological polar surface area (TPSA) is 67.8 Å². The predicted molar refractivity (Wildman–Crippen MR) is 127 cm³/mol. The highest BCUT2D eigenvalue weighted by Crippen LogP contribution is 2.39. The Morgan fingerprint density at radius 2 is 1.64 bits per heavy atom. The molecular formula is C25H33F3N2O3. The van der Waals surface area contributed by atoms with Crippen molar-refractivity contribution in [2.24, 2.45) is 4.99 Å². The van der Waals surface area contributed by atoms with E-state index in [-0.39, 0.29) is 28.9 Å². The van der Waals surface area contributed by atoms with Gasteiger partial charge in [0, 0.05) is 0 Å². The van der Waals surface area contributed by atoms with Crippen molar-refractivity contribution >= 4 is 29.0 Å². The second kappa shape index (κ2) is 14.1. The van der Waals surface area contributed by atoms with Crippen molar-refractivity contribution in [1.82, 2.24) is 0 Å². The van der Waals surface area contributed by atoms with Crippen LogP contribution >= 0.6 is 0 Å². The van der Waals surface area contributed by atoms with E-state index in [1.54, 1.807) is 18.2 Å². The number of halogens is 3. The van der Waals surface area contributed by atoms with Gasteiger partial charge < -0.3 is 10.1 Å². The summed E-state index contributed by atoms with van der Waals surface area (Å²) in [5.74, 6) is -1.03. The van der Waals surface area contributed by atoms with Crippen molar-refractivity contribution in [2.45, 2.75) is 61.1 Å². The standard InChI is InChI=1S/C19H15F3N2O3.3C2H6/c1-10-6-15-16(8-13(10)19(20,21)22)24-17(25)9-14(23-15)11-4-3-5-12(7-11)18(26)27-2;3*1-2/h3-8H,9H2,1-2H3,(H,24,25);3*1-2H3. The first-order valence-corrected chi connectivity index (χ1v) is 11.0. The van der Waals surface area contributed by atoms with Crippen LogP contribution in [-0.2, 0) is 15.7 Å². The number of anilines is 1. The lowest BCUT2D eigenvalue weighted by atomic mass is 10.0. The van der Waals surface area contributed by atoms with Crippen LogP contribution in [0.25, 0.3) is 0 Å². The summed E-state index contributed by atoms with van der Waals surface area (Å²) in [5.41, 5.74) is 0.541. The van der Waals surface area contributed by atoms with E-state index in [1.165, 1.54) is 26.2 Å². The predicted octanol–water partition coefficient (Wildman–Crippen LogP) is 7.34. The number of hydrogen-bond donors (Lipinski definition) is 1. The molecule has 0 aromatic heterocycles.